The van der Waals surface area contributed by atoms with Crippen LogP contribution in [0, 0.1) is 5.41 Å². The average Bonchev–Trinajstić information content (AvgIpc) is 2.10. The van der Waals surface area contributed by atoms with E-state index >= 15 is 0 Å². The van der Waals surface area contributed by atoms with Gasteiger partial charge in [-0.1, -0.05) is 25.9 Å². The largest absolute Gasteiger partial charge is 0.408 e. The summed E-state index contributed by atoms with van der Waals surface area (Å²) >= 11 is 0. The number of nitrogen functional groups attached to an aromatic ring is 1. The van der Waals surface area contributed by atoms with Gasteiger partial charge in [-0.15, -0.1) is 5.10 Å². The molecule has 1 aromatic heterocycles. The minimum absolute atomic E-state index is 0.143. The number of aromatic nitrogens is 2. The second-order valence-electron chi connectivity index (χ2n) is 3.77. The van der Waals surface area contributed by atoms with E-state index in [0.717, 1.165) is 6.42 Å². The number of rotatable bonds is 1. The van der Waals surface area contributed by atoms with Crippen LogP contribution >= 0.6 is 0 Å². The Labute approximate surface area is 65.8 Å². The van der Waals surface area contributed by atoms with Crippen LogP contribution in [0.25, 0.3) is 0 Å². The zero-order valence-electron chi connectivity index (χ0n) is 7.09. The molecule has 1 heterocycles. The van der Waals surface area contributed by atoms with E-state index in [4.69, 9.17) is 10.2 Å². The number of nitrogens with two attached hydrogens (primary N) is 1. The van der Waals surface area contributed by atoms with E-state index in [9.17, 15) is 0 Å². The number of nitrogens with zero attached hydrogens (tertiary/aromatic N) is 2. The van der Waals surface area contributed by atoms with Gasteiger partial charge in [0.2, 0.25) is 5.89 Å². The maximum absolute atomic E-state index is 5.26. The molecule has 0 aliphatic rings. The molecule has 11 heavy (non-hydrogen) atoms. The predicted molar refractivity (Wildman–Crippen MR) is 41.9 cm³/mol. The van der Waals surface area contributed by atoms with Gasteiger partial charge < -0.3 is 10.2 Å². The summed E-state index contributed by atoms with van der Waals surface area (Å²) in [7, 11) is 0. The molecule has 0 aliphatic carbocycles. The first kappa shape index (κ1) is 8.04. The summed E-state index contributed by atoms with van der Waals surface area (Å²) in [5.41, 5.74) is 5.42. The molecule has 0 spiro atoms. The van der Waals surface area contributed by atoms with Crippen LogP contribution in [0.5, 0.6) is 0 Å². The summed E-state index contributed by atoms with van der Waals surface area (Å²) in [6.07, 6.45) is 0.761. The van der Waals surface area contributed by atoms with Crippen molar-refractivity contribution in [3.63, 3.8) is 0 Å². The fraction of sp³-hybridized carbons (Fsp3) is 0.714. The van der Waals surface area contributed by atoms with Crippen molar-refractivity contribution in [3.05, 3.63) is 5.89 Å². The monoisotopic (exact) mass is 155 g/mol. The average molecular weight is 155 g/mol. The third-order valence-electron chi connectivity index (χ3n) is 1.16. The maximum Gasteiger partial charge on any atom is 0.312 e. The van der Waals surface area contributed by atoms with Crippen LogP contribution in [-0.4, -0.2) is 10.2 Å². The molecule has 0 radical (unpaired) electrons. The predicted octanol–water partition coefficient (Wildman–Crippen LogP) is 1.24. The Bertz CT molecular complexity index is 236. The Kier molecular flexibility index (Phi) is 1.85. The molecular weight excluding hydrogens is 142 g/mol. The second kappa shape index (κ2) is 2.53. The van der Waals surface area contributed by atoms with Gasteiger partial charge in [0.25, 0.3) is 0 Å². The lowest BCUT2D eigenvalue weighted by molar-refractivity contribution is 0.358. The van der Waals surface area contributed by atoms with Crippen molar-refractivity contribution < 1.29 is 4.42 Å². The third-order valence-corrected chi connectivity index (χ3v) is 1.16. The molecule has 1 rings (SSSR count). The standard InChI is InChI=1S/C7H13N3O/c1-7(2,3)4-5-9-10-6(8)11-5/h4H2,1-3H3,(H2,8,10). The molecule has 62 valence electrons. The molecule has 0 aliphatic heterocycles. The highest BCUT2D eigenvalue weighted by atomic mass is 16.4. The van der Waals surface area contributed by atoms with E-state index in [1.165, 1.54) is 0 Å². The highest BCUT2D eigenvalue weighted by molar-refractivity contribution is 5.05. The molecule has 4 nitrogen and oxygen atoms in total. The molecule has 1 aromatic rings. The quantitative estimate of drug-likeness (QED) is 0.662. The molecule has 0 bridgehead atoms. The van der Waals surface area contributed by atoms with Crippen LogP contribution in [-0.2, 0) is 6.42 Å². The molecule has 4 heteroatoms. The van der Waals surface area contributed by atoms with Crippen molar-refractivity contribution in [1.82, 2.24) is 10.2 Å². The van der Waals surface area contributed by atoms with Crippen molar-refractivity contribution in [2.75, 3.05) is 5.73 Å². The fourth-order valence-corrected chi connectivity index (χ4v) is 0.792. The van der Waals surface area contributed by atoms with Crippen LogP contribution < -0.4 is 5.73 Å². The molecule has 0 unspecified atom stereocenters. The van der Waals surface area contributed by atoms with Gasteiger partial charge in [-0.2, -0.15) is 0 Å². The van der Waals surface area contributed by atoms with Gasteiger partial charge in [0.1, 0.15) is 0 Å². The SMILES string of the molecule is CC(C)(C)Cc1nnc(N)o1. The highest BCUT2D eigenvalue weighted by Gasteiger charge is 2.15. The molecule has 2 N–H and O–H groups in total. The molecule has 0 saturated carbocycles. The molecule has 0 saturated heterocycles. The van der Waals surface area contributed by atoms with Gasteiger partial charge in [-0.05, 0) is 5.41 Å². The summed E-state index contributed by atoms with van der Waals surface area (Å²) in [4.78, 5) is 0. The number of hydrogen-bond acceptors (Lipinski definition) is 4. The Morgan fingerprint density at radius 1 is 1.36 bits per heavy atom. The van der Waals surface area contributed by atoms with E-state index in [2.05, 4.69) is 31.0 Å². The lowest BCUT2D eigenvalue weighted by Crippen LogP contribution is -2.09. The second-order valence-corrected chi connectivity index (χ2v) is 3.77. The van der Waals surface area contributed by atoms with Gasteiger partial charge in [0, 0.05) is 6.42 Å². The van der Waals surface area contributed by atoms with E-state index in [1.54, 1.807) is 0 Å². The van der Waals surface area contributed by atoms with Gasteiger partial charge in [0.15, 0.2) is 0 Å². The van der Waals surface area contributed by atoms with E-state index < -0.39 is 0 Å². The minimum atomic E-state index is 0.143. The number of anilines is 1. The molecule has 0 fully saturated rings. The van der Waals surface area contributed by atoms with Crippen LogP contribution in [0.1, 0.15) is 26.7 Å². The zero-order valence-corrected chi connectivity index (χ0v) is 7.09. The zero-order chi connectivity index (χ0) is 8.48. The van der Waals surface area contributed by atoms with Gasteiger partial charge in [-0.3, -0.25) is 0 Å². The van der Waals surface area contributed by atoms with E-state index in [0.29, 0.717) is 5.89 Å². The smallest absolute Gasteiger partial charge is 0.312 e. The topological polar surface area (TPSA) is 64.9 Å². The summed E-state index contributed by atoms with van der Waals surface area (Å²) in [5, 5.41) is 7.32. The van der Waals surface area contributed by atoms with Crippen molar-refractivity contribution in [1.29, 1.82) is 0 Å². The van der Waals surface area contributed by atoms with Gasteiger partial charge >= 0.3 is 6.01 Å². The number of hydrogen-bond donors (Lipinski definition) is 1. The van der Waals surface area contributed by atoms with Crippen molar-refractivity contribution in [2.45, 2.75) is 27.2 Å². The Hall–Kier alpha value is -1.06. The molecular formula is C7H13N3O. The first-order valence-electron chi connectivity index (χ1n) is 3.55. The minimum Gasteiger partial charge on any atom is -0.408 e. The lowest BCUT2D eigenvalue weighted by atomic mass is 9.92. The molecule has 0 amide bonds. The van der Waals surface area contributed by atoms with Crippen LogP contribution in [0.15, 0.2) is 4.42 Å². The Balaban J connectivity index is 2.65. The van der Waals surface area contributed by atoms with E-state index in [-0.39, 0.29) is 11.4 Å². The van der Waals surface area contributed by atoms with Gasteiger partial charge in [0.05, 0.1) is 0 Å². The Morgan fingerprint density at radius 3 is 2.36 bits per heavy atom. The van der Waals surface area contributed by atoms with Gasteiger partial charge in [-0.25, -0.2) is 0 Å². The summed E-state index contributed by atoms with van der Waals surface area (Å²) in [6.45, 7) is 6.31. The fourth-order valence-electron chi connectivity index (χ4n) is 0.792. The third kappa shape index (κ3) is 2.57. The van der Waals surface area contributed by atoms with Crippen LogP contribution in [0.4, 0.5) is 6.01 Å². The lowest BCUT2D eigenvalue weighted by Gasteiger charge is -2.13. The van der Waals surface area contributed by atoms with E-state index in [1.807, 2.05) is 0 Å². The first-order chi connectivity index (χ1) is 4.97. The van der Waals surface area contributed by atoms with Crippen LogP contribution in [0.2, 0.25) is 0 Å². The summed E-state index contributed by atoms with van der Waals surface area (Å²) in [6, 6.07) is 0.143. The maximum atomic E-state index is 5.26. The van der Waals surface area contributed by atoms with Crippen molar-refractivity contribution >= 4 is 6.01 Å². The van der Waals surface area contributed by atoms with Crippen molar-refractivity contribution in [2.24, 2.45) is 5.41 Å². The summed E-state index contributed by atoms with van der Waals surface area (Å²) in [5.74, 6) is 0.606. The first-order valence-corrected chi connectivity index (χ1v) is 3.55. The summed E-state index contributed by atoms with van der Waals surface area (Å²) < 4.78 is 5.02. The van der Waals surface area contributed by atoms with Crippen LogP contribution in [0.3, 0.4) is 0 Å². The normalized spacial score (nSPS) is 11.9. The highest BCUT2D eigenvalue weighted by Crippen LogP contribution is 2.19. The Morgan fingerprint density at radius 2 is 2.00 bits per heavy atom. The molecule has 0 aromatic carbocycles. The van der Waals surface area contributed by atoms with Crippen molar-refractivity contribution in [3.8, 4) is 0 Å². The molecule has 0 atom stereocenters.